The lowest BCUT2D eigenvalue weighted by molar-refractivity contribution is -0.142. The Morgan fingerprint density at radius 2 is 2.35 bits per heavy atom. The molecular weight excluding hydrogens is 220 g/mol. The van der Waals surface area contributed by atoms with Crippen LogP contribution in [0.3, 0.4) is 0 Å². The summed E-state index contributed by atoms with van der Waals surface area (Å²) in [5.74, 6) is -1.24. The molecule has 2 atom stereocenters. The Hall–Kier alpha value is -1.36. The van der Waals surface area contributed by atoms with E-state index in [4.69, 9.17) is 5.11 Å². The van der Waals surface area contributed by atoms with Crippen molar-refractivity contribution in [2.75, 3.05) is 6.54 Å². The highest BCUT2D eigenvalue weighted by Gasteiger charge is 2.40. The summed E-state index contributed by atoms with van der Waals surface area (Å²) in [6.07, 6.45) is 4.11. The maximum Gasteiger partial charge on any atom is 0.326 e. The van der Waals surface area contributed by atoms with Crippen LogP contribution >= 0.6 is 0 Å². The van der Waals surface area contributed by atoms with Crippen molar-refractivity contribution in [2.24, 2.45) is 0 Å². The van der Waals surface area contributed by atoms with Crippen LogP contribution in [0.5, 0.6) is 0 Å². The minimum absolute atomic E-state index is 0.216. The number of hydrogen-bond donors (Lipinski definition) is 3. The third kappa shape index (κ3) is 3.06. The molecule has 17 heavy (non-hydrogen) atoms. The number of carbonyl (C=O) groups excluding carboxylic acids is 1. The number of carbonyl (C=O) groups is 2. The predicted octanol–water partition coefficient (Wildman–Crippen LogP) is 0.664. The molecule has 1 aliphatic heterocycles. The van der Waals surface area contributed by atoms with Crippen LogP contribution in [-0.4, -0.2) is 35.1 Å². The molecule has 0 spiro atoms. The van der Waals surface area contributed by atoms with E-state index in [1.807, 2.05) is 6.92 Å². The van der Waals surface area contributed by atoms with Crippen LogP contribution in [0.2, 0.25) is 0 Å². The van der Waals surface area contributed by atoms with Gasteiger partial charge >= 0.3 is 5.97 Å². The van der Waals surface area contributed by atoms with E-state index in [0.717, 1.165) is 19.4 Å². The Labute approximate surface area is 101 Å². The van der Waals surface area contributed by atoms with Crippen molar-refractivity contribution in [1.82, 2.24) is 10.6 Å². The summed E-state index contributed by atoms with van der Waals surface area (Å²) >= 11 is 0. The number of amides is 1. The predicted molar refractivity (Wildman–Crippen MR) is 64.6 cm³/mol. The molecule has 1 rings (SSSR count). The van der Waals surface area contributed by atoms with Crippen molar-refractivity contribution in [2.45, 2.75) is 44.2 Å². The third-order valence-electron chi connectivity index (χ3n) is 3.29. The van der Waals surface area contributed by atoms with Gasteiger partial charge in [-0.3, -0.25) is 4.79 Å². The molecule has 0 radical (unpaired) electrons. The summed E-state index contributed by atoms with van der Waals surface area (Å²) in [5, 5.41) is 14.7. The number of nitrogens with one attached hydrogen (secondary N) is 2. The zero-order chi connectivity index (χ0) is 12.9. The van der Waals surface area contributed by atoms with Gasteiger partial charge in [0.05, 0.1) is 5.54 Å². The molecule has 1 fully saturated rings. The van der Waals surface area contributed by atoms with Gasteiger partial charge in [-0.15, -0.1) is 6.58 Å². The van der Waals surface area contributed by atoms with Crippen molar-refractivity contribution in [3.05, 3.63) is 12.7 Å². The van der Waals surface area contributed by atoms with E-state index in [-0.39, 0.29) is 12.3 Å². The third-order valence-corrected chi connectivity index (χ3v) is 3.29. The van der Waals surface area contributed by atoms with Gasteiger partial charge in [-0.05, 0) is 32.2 Å². The highest BCUT2D eigenvalue weighted by Crippen LogP contribution is 2.23. The molecule has 0 unspecified atom stereocenters. The van der Waals surface area contributed by atoms with Crippen molar-refractivity contribution >= 4 is 11.9 Å². The Balaban J connectivity index is 2.68. The Bertz CT molecular complexity index is 309. The quantitative estimate of drug-likeness (QED) is 0.596. The highest BCUT2D eigenvalue weighted by molar-refractivity contribution is 5.90. The van der Waals surface area contributed by atoms with Crippen LogP contribution in [0.15, 0.2) is 12.7 Å². The molecule has 1 heterocycles. The Kier molecular flexibility index (Phi) is 4.69. The van der Waals surface area contributed by atoms with Crippen LogP contribution < -0.4 is 10.6 Å². The smallest absolute Gasteiger partial charge is 0.326 e. The minimum Gasteiger partial charge on any atom is -0.480 e. The van der Waals surface area contributed by atoms with Crippen LogP contribution in [-0.2, 0) is 9.59 Å². The van der Waals surface area contributed by atoms with Crippen molar-refractivity contribution < 1.29 is 14.7 Å². The maximum atomic E-state index is 12.1. The molecular formula is C12H20N2O3. The summed E-state index contributed by atoms with van der Waals surface area (Å²) in [4.78, 5) is 23.1. The first-order valence-corrected chi connectivity index (χ1v) is 5.95. The molecule has 0 aromatic carbocycles. The van der Waals surface area contributed by atoms with Gasteiger partial charge in [-0.2, -0.15) is 0 Å². The molecule has 96 valence electrons. The first kappa shape index (κ1) is 13.7. The van der Waals surface area contributed by atoms with Gasteiger partial charge in [-0.25, -0.2) is 4.79 Å². The number of carboxylic acid groups (broad SMARTS) is 1. The molecule has 0 saturated carbocycles. The largest absolute Gasteiger partial charge is 0.480 e. The van der Waals surface area contributed by atoms with E-state index in [1.54, 1.807) is 0 Å². The van der Waals surface area contributed by atoms with Gasteiger partial charge in [0.2, 0.25) is 5.91 Å². The molecule has 3 N–H and O–H groups in total. The van der Waals surface area contributed by atoms with Gasteiger partial charge in [0, 0.05) is 0 Å². The zero-order valence-electron chi connectivity index (χ0n) is 10.2. The van der Waals surface area contributed by atoms with Crippen LogP contribution in [0.25, 0.3) is 0 Å². The van der Waals surface area contributed by atoms with Crippen LogP contribution in [0.4, 0.5) is 0 Å². The molecule has 0 bridgehead atoms. The SMILES string of the molecule is C=CC[C@H](NC(=O)[C@]1(CC)CCCN1)C(=O)O. The van der Waals surface area contributed by atoms with Crippen molar-refractivity contribution in [3.8, 4) is 0 Å². The Morgan fingerprint density at radius 3 is 2.76 bits per heavy atom. The molecule has 1 aliphatic rings. The second-order valence-corrected chi connectivity index (χ2v) is 4.35. The van der Waals surface area contributed by atoms with E-state index in [1.165, 1.54) is 6.08 Å². The lowest BCUT2D eigenvalue weighted by Crippen LogP contribution is -2.56. The normalized spacial score (nSPS) is 25.2. The summed E-state index contributed by atoms with van der Waals surface area (Å²) in [6.45, 7) is 6.23. The van der Waals surface area contributed by atoms with E-state index in [2.05, 4.69) is 17.2 Å². The second kappa shape index (κ2) is 5.82. The lowest BCUT2D eigenvalue weighted by atomic mass is 9.92. The maximum absolute atomic E-state index is 12.1. The highest BCUT2D eigenvalue weighted by atomic mass is 16.4. The van der Waals surface area contributed by atoms with Gasteiger partial charge in [-0.1, -0.05) is 13.0 Å². The van der Waals surface area contributed by atoms with Crippen LogP contribution in [0, 0.1) is 0 Å². The number of hydrogen-bond acceptors (Lipinski definition) is 3. The number of rotatable bonds is 6. The first-order valence-electron chi connectivity index (χ1n) is 5.95. The summed E-state index contributed by atoms with van der Waals surface area (Å²) in [5.41, 5.74) is -0.588. The van der Waals surface area contributed by atoms with Gasteiger partial charge in [0.25, 0.3) is 0 Å². The monoisotopic (exact) mass is 240 g/mol. The topological polar surface area (TPSA) is 78.4 Å². The zero-order valence-corrected chi connectivity index (χ0v) is 10.2. The minimum atomic E-state index is -1.03. The van der Waals surface area contributed by atoms with E-state index in [9.17, 15) is 9.59 Å². The fourth-order valence-corrected chi connectivity index (χ4v) is 2.15. The lowest BCUT2D eigenvalue weighted by Gasteiger charge is -2.28. The van der Waals surface area contributed by atoms with Gasteiger partial charge < -0.3 is 15.7 Å². The molecule has 0 aromatic rings. The molecule has 0 aliphatic carbocycles. The fourth-order valence-electron chi connectivity index (χ4n) is 2.15. The average Bonchev–Trinajstić information content (AvgIpc) is 2.78. The van der Waals surface area contributed by atoms with Gasteiger partial charge in [0.1, 0.15) is 6.04 Å². The van der Waals surface area contributed by atoms with Crippen LogP contribution in [0.1, 0.15) is 32.6 Å². The first-order chi connectivity index (χ1) is 8.05. The van der Waals surface area contributed by atoms with E-state index in [0.29, 0.717) is 6.42 Å². The fraction of sp³-hybridized carbons (Fsp3) is 0.667. The summed E-state index contributed by atoms with van der Waals surface area (Å²) < 4.78 is 0. The molecule has 1 amide bonds. The van der Waals surface area contributed by atoms with Gasteiger partial charge in [0.15, 0.2) is 0 Å². The second-order valence-electron chi connectivity index (χ2n) is 4.35. The number of aliphatic carboxylic acids is 1. The van der Waals surface area contributed by atoms with E-state index >= 15 is 0 Å². The summed E-state index contributed by atoms with van der Waals surface area (Å²) in [7, 11) is 0. The van der Waals surface area contributed by atoms with Crippen molar-refractivity contribution in [1.29, 1.82) is 0 Å². The standard InChI is InChI=1S/C12H20N2O3/c1-3-6-9(10(15)16)14-11(17)12(4-2)7-5-8-13-12/h3,9,13H,1,4-8H2,2H3,(H,14,17)(H,15,16)/t9-,12-/m0/s1. The van der Waals surface area contributed by atoms with E-state index < -0.39 is 17.6 Å². The number of carboxylic acids is 1. The molecule has 0 aromatic heterocycles. The molecule has 5 nitrogen and oxygen atoms in total. The molecule has 1 saturated heterocycles. The summed E-state index contributed by atoms with van der Waals surface area (Å²) in [6, 6.07) is -0.883. The average molecular weight is 240 g/mol. The molecule has 5 heteroatoms. The van der Waals surface area contributed by atoms with Crippen molar-refractivity contribution in [3.63, 3.8) is 0 Å². The Morgan fingerprint density at radius 1 is 1.65 bits per heavy atom.